The van der Waals surface area contributed by atoms with E-state index in [0.29, 0.717) is 12.2 Å². The Morgan fingerprint density at radius 1 is 1.30 bits per heavy atom. The van der Waals surface area contributed by atoms with Crippen LogP contribution in [0.4, 0.5) is 0 Å². The van der Waals surface area contributed by atoms with Crippen molar-refractivity contribution in [2.24, 2.45) is 0 Å². The largest absolute Gasteiger partial charge is 0.497 e. The molecule has 0 fully saturated rings. The minimum Gasteiger partial charge on any atom is -0.497 e. The summed E-state index contributed by atoms with van der Waals surface area (Å²) >= 11 is 0. The molecule has 0 N–H and O–H groups in total. The summed E-state index contributed by atoms with van der Waals surface area (Å²) in [7, 11) is 3.27. The standard InChI is InChI=1S/C12H14ClN3O3S/c1-19-12-4-2-10(3-5-12)8-16-9-11(14-15-16)6-7-20(13,17)18/h2-5,9H,6-8H2,1H3. The molecule has 1 heterocycles. The van der Waals surface area contributed by atoms with E-state index >= 15 is 0 Å². The Morgan fingerprint density at radius 2 is 2.00 bits per heavy atom. The van der Waals surface area contributed by atoms with Gasteiger partial charge in [-0.1, -0.05) is 17.3 Å². The first kappa shape index (κ1) is 14.8. The summed E-state index contributed by atoms with van der Waals surface area (Å²) in [5, 5.41) is 7.87. The molecule has 6 nitrogen and oxygen atoms in total. The van der Waals surface area contributed by atoms with Gasteiger partial charge in [0.15, 0.2) is 0 Å². The highest BCUT2D eigenvalue weighted by molar-refractivity contribution is 8.13. The van der Waals surface area contributed by atoms with E-state index in [0.717, 1.165) is 11.3 Å². The smallest absolute Gasteiger partial charge is 0.232 e. The first-order valence-electron chi connectivity index (χ1n) is 5.90. The third-order valence-corrected chi connectivity index (χ3v) is 3.85. The summed E-state index contributed by atoms with van der Waals surface area (Å²) in [6.07, 6.45) is 1.97. The molecule has 8 heteroatoms. The van der Waals surface area contributed by atoms with Crippen LogP contribution in [-0.2, 0) is 22.0 Å². The van der Waals surface area contributed by atoms with E-state index < -0.39 is 9.05 Å². The van der Waals surface area contributed by atoms with Crippen molar-refractivity contribution in [1.29, 1.82) is 0 Å². The summed E-state index contributed by atoms with van der Waals surface area (Å²) in [6, 6.07) is 7.60. The Labute approximate surface area is 121 Å². The van der Waals surface area contributed by atoms with Gasteiger partial charge in [0.05, 0.1) is 25.1 Å². The second-order valence-electron chi connectivity index (χ2n) is 4.25. The van der Waals surface area contributed by atoms with E-state index in [1.807, 2.05) is 24.3 Å². The van der Waals surface area contributed by atoms with Crippen LogP contribution in [0.1, 0.15) is 11.3 Å². The zero-order valence-electron chi connectivity index (χ0n) is 10.9. The minimum absolute atomic E-state index is 0.143. The predicted octanol–water partition coefficient (Wildman–Crippen LogP) is 1.45. The molecule has 0 saturated heterocycles. The van der Waals surface area contributed by atoms with Crippen LogP contribution < -0.4 is 4.74 Å². The Balaban J connectivity index is 1.98. The molecule has 0 saturated carbocycles. The van der Waals surface area contributed by atoms with Gasteiger partial charge in [-0.05, 0) is 17.7 Å². The normalized spacial score (nSPS) is 11.5. The number of hydrogen-bond acceptors (Lipinski definition) is 5. The third-order valence-electron chi connectivity index (χ3n) is 2.69. The van der Waals surface area contributed by atoms with Gasteiger partial charge >= 0.3 is 0 Å². The molecule has 2 aromatic rings. The Hall–Kier alpha value is -1.60. The van der Waals surface area contributed by atoms with Crippen molar-refractivity contribution in [1.82, 2.24) is 15.0 Å². The van der Waals surface area contributed by atoms with Gasteiger partial charge in [0.25, 0.3) is 0 Å². The van der Waals surface area contributed by atoms with Crippen molar-refractivity contribution in [2.45, 2.75) is 13.0 Å². The van der Waals surface area contributed by atoms with Gasteiger partial charge in [0, 0.05) is 23.3 Å². The molecule has 0 radical (unpaired) electrons. The Bertz CT molecular complexity index is 668. The van der Waals surface area contributed by atoms with Gasteiger partial charge < -0.3 is 4.74 Å². The molecule has 1 aromatic carbocycles. The SMILES string of the molecule is COc1ccc(Cn2cc(CCS(=O)(=O)Cl)nn2)cc1. The second-order valence-corrected chi connectivity index (χ2v) is 7.15. The number of ether oxygens (including phenoxy) is 1. The average Bonchev–Trinajstić information content (AvgIpc) is 2.84. The fraction of sp³-hybridized carbons (Fsp3) is 0.333. The summed E-state index contributed by atoms with van der Waals surface area (Å²) < 4.78 is 28.5. The zero-order valence-corrected chi connectivity index (χ0v) is 12.4. The quantitative estimate of drug-likeness (QED) is 0.754. The van der Waals surface area contributed by atoms with Crippen LogP contribution in [0.3, 0.4) is 0 Å². The first-order chi connectivity index (χ1) is 9.46. The van der Waals surface area contributed by atoms with E-state index in [9.17, 15) is 8.42 Å². The maximum absolute atomic E-state index is 10.9. The van der Waals surface area contributed by atoms with Crippen LogP contribution in [-0.4, -0.2) is 36.3 Å². The fourth-order valence-corrected chi connectivity index (χ4v) is 2.36. The summed E-state index contributed by atoms with van der Waals surface area (Å²) in [4.78, 5) is 0. The summed E-state index contributed by atoms with van der Waals surface area (Å²) in [5.74, 6) is 0.649. The van der Waals surface area contributed by atoms with Gasteiger partial charge in [-0.15, -0.1) is 5.10 Å². The number of halogens is 1. The molecule has 0 spiro atoms. The lowest BCUT2D eigenvalue weighted by Gasteiger charge is -2.02. The van der Waals surface area contributed by atoms with Crippen LogP contribution in [0.2, 0.25) is 0 Å². The Kier molecular flexibility index (Phi) is 4.61. The predicted molar refractivity (Wildman–Crippen MR) is 75.5 cm³/mol. The van der Waals surface area contributed by atoms with Crippen LogP contribution in [0.5, 0.6) is 5.75 Å². The first-order valence-corrected chi connectivity index (χ1v) is 8.38. The summed E-state index contributed by atoms with van der Waals surface area (Å²) in [6.45, 7) is 0.560. The number of aromatic nitrogens is 3. The van der Waals surface area contributed by atoms with Crippen molar-refractivity contribution in [3.63, 3.8) is 0 Å². The fourth-order valence-electron chi connectivity index (χ4n) is 1.67. The monoisotopic (exact) mass is 315 g/mol. The topological polar surface area (TPSA) is 74.1 Å². The summed E-state index contributed by atoms with van der Waals surface area (Å²) in [5.41, 5.74) is 1.65. The maximum Gasteiger partial charge on any atom is 0.232 e. The molecule has 0 aliphatic carbocycles. The van der Waals surface area contributed by atoms with Gasteiger partial charge in [0.1, 0.15) is 5.75 Å². The molecule has 0 bridgehead atoms. The molecule has 20 heavy (non-hydrogen) atoms. The van der Waals surface area contributed by atoms with Crippen molar-refractivity contribution in [3.8, 4) is 5.75 Å². The number of benzene rings is 1. The molecule has 0 unspecified atom stereocenters. The molecule has 108 valence electrons. The lowest BCUT2D eigenvalue weighted by molar-refractivity contribution is 0.414. The average molecular weight is 316 g/mol. The molecule has 1 aromatic heterocycles. The second kappa shape index (κ2) is 6.23. The third kappa shape index (κ3) is 4.50. The van der Waals surface area contributed by atoms with E-state index in [2.05, 4.69) is 10.3 Å². The highest BCUT2D eigenvalue weighted by Crippen LogP contribution is 2.12. The van der Waals surface area contributed by atoms with Gasteiger partial charge in [-0.25, -0.2) is 13.1 Å². The molecule has 0 amide bonds. The van der Waals surface area contributed by atoms with Crippen molar-refractivity contribution < 1.29 is 13.2 Å². The molecule has 0 atom stereocenters. The van der Waals surface area contributed by atoms with E-state index in [1.165, 1.54) is 0 Å². The van der Waals surface area contributed by atoms with Crippen LogP contribution in [0.15, 0.2) is 30.5 Å². The van der Waals surface area contributed by atoms with E-state index in [4.69, 9.17) is 15.4 Å². The molecular formula is C12H14ClN3O3S. The molecule has 0 aliphatic heterocycles. The van der Waals surface area contributed by atoms with Crippen molar-refractivity contribution in [3.05, 3.63) is 41.7 Å². The molecule has 2 rings (SSSR count). The van der Waals surface area contributed by atoms with E-state index in [-0.39, 0.29) is 12.2 Å². The van der Waals surface area contributed by atoms with Crippen LogP contribution >= 0.6 is 10.7 Å². The number of nitrogens with zero attached hydrogens (tertiary/aromatic N) is 3. The van der Waals surface area contributed by atoms with Gasteiger partial charge in [-0.3, -0.25) is 0 Å². The molecular weight excluding hydrogens is 302 g/mol. The number of methoxy groups -OCH3 is 1. The highest BCUT2D eigenvalue weighted by Gasteiger charge is 2.08. The zero-order chi connectivity index (χ0) is 14.6. The molecule has 0 aliphatic rings. The van der Waals surface area contributed by atoms with Crippen LogP contribution in [0, 0.1) is 0 Å². The number of hydrogen-bond donors (Lipinski definition) is 0. The van der Waals surface area contributed by atoms with Gasteiger partial charge in [-0.2, -0.15) is 0 Å². The number of aryl methyl sites for hydroxylation is 1. The Morgan fingerprint density at radius 3 is 2.60 bits per heavy atom. The van der Waals surface area contributed by atoms with Crippen molar-refractivity contribution in [2.75, 3.05) is 12.9 Å². The minimum atomic E-state index is -3.50. The lowest BCUT2D eigenvalue weighted by atomic mass is 10.2. The van der Waals surface area contributed by atoms with Crippen LogP contribution in [0.25, 0.3) is 0 Å². The lowest BCUT2D eigenvalue weighted by Crippen LogP contribution is -2.01. The number of rotatable bonds is 6. The maximum atomic E-state index is 10.9. The highest BCUT2D eigenvalue weighted by atomic mass is 35.7. The van der Waals surface area contributed by atoms with Gasteiger partial charge in [0.2, 0.25) is 9.05 Å². The van der Waals surface area contributed by atoms with E-state index in [1.54, 1.807) is 18.0 Å². The van der Waals surface area contributed by atoms with Crippen molar-refractivity contribution >= 4 is 19.7 Å².